The van der Waals surface area contributed by atoms with Crippen LogP contribution in [0.15, 0.2) is 24.3 Å². The van der Waals surface area contributed by atoms with Crippen LogP contribution in [0.25, 0.3) is 0 Å². The van der Waals surface area contributed by atoms with Gasteiger partial charge in [0, 0.05) is 12.8 Å². The number of nitrogens with one attached hydrogen (secondary N) is 2. The smallest absolute Gasteiger partial charge is 0.383 e. The minimum Gasteiger partial charge on any atom is -0.383 e. The minimum atomic E-state index is -4.43. The molecule has 0 spiro atoms. The van der Waals surface area contributed by atoms with Gasteiger partial charge in [0.1, 0.15) is 0 Å². The van der Waals surface area contributed by atoms with Crippen molar-refractivity contribution in [2.75, 3.05) is 19.0 Å². The fraction of sp³-hybridized carbons (Fsp3) is 0.417. The molecule has 1 rings (SSSR count). The number of hydrogen-bond acceptors (Lipinski definition) is 2. The van der Waals surface area contributed by atoms with Crippen LogP contribution in [0.5, 0.6) is 0 Å². The summed E-state index contributed by atoms with van der Waals surface area (Å²) in [5.41, 5.74) is -0.729. The highest BCUT2D eigenvalue weighted by Crippen LogP contribution is 2.30. The Hall–Kier alpha value is -1.76. The van der Waals surface area contributed by atoms with E-state index in [9.17, 15) is 18.0 Å². The van der Waals surface area contributed by atoms with Gasteiger partial charge in [-0.05, 0) is 25.1 Å². The van der Waals surface area contributed by atoms with E-state index in [2.05, 4.69) is 10.6 Å². The lowest BCUT2D eigenvalue weighted by atomic mass is 10.2. The van der Waals surface area contributed by atoms with E-state index in [1.165, 1.54) is 19.2 Å². The van der Waals surface area contributed by atoms with Gasteiger partial charge in [0.05, 0.1) is 18.2 Å². The zero-order valence-electron chi connectivity index (χ0n) is 10.5. The Morgan fingerprint density at radius 3 is 2.68 bits per heavy atom. The second kappa shape index (κ2) is 6.42. The van der Waals surface area contributed by atoms with E-state index >= 15 is 0 Å². The molecular weight excluding hydrogens is 261 g/mol. The number of urea groups is 1. The molecule has 0 fully saturated rings. The van der Waals surface area contributed by atoms with Crippen molar-refractivity contribution >= 4 is 11.7 Å². The van der Waals surface area contributed by atoms with Crippen LogP contribution in [-0.4, -0.2) is 25.8 Å². The standard InChI is InChI=1S/C12H15F3N2O2/c1-8(7-19-2)16-11(18)17-10-5-3-4-9(6-10)12(13,14)15/h3-6,8H,7H2,1-2H3,(H2,16,17,18). The summed E-state index contributed by atoms with van der Waals surface area (Å²) >= 11 is 0. The highest BCUT2D eigenvalue weighted by atomic mass is 19.4. The summed E-state index contributed by atoms with van der Waals surface area (Å²) < 4.78 is 42.2. The molecule has 1 atom stereocenters. The second-order valence-corrected chi connectivity index (χ2v) is 4.03. The first-order chi connectivity index (χ1) is 8.82. The molecular formula is C12H15F3N2O2. The van der Waals surface area contributed by atoms with Crippen LogP contribution in [0.1, 0.15) is 12.5 Å². The molecule has 0 saturated carbocycles. The van der Waals surface area contributed by atoms with Gasteiger partial charge in [0.2, 0.25) is 0 Å². The average molecular weight is 276 g/mol. The Morgan fingerprint density at radius 2 is 2.11 bits per heavy atom. The quantitative estimate of drug-likeness (QED) is 0.888. The molecule has 0 aliphatic rings. The number of carbonyl (C=O) groups excluding carboxylic acids is 1. The van der Waals surface area contributed by atoms with Gasteiger partial charge in [-0.2, -0.15) is 13.2 Å². The van der Waals surface area contributed by atoms with E-state index in [0.717, 1.165) is 12.1 Å². The van der Waals surface area contributed by atoms with E-state index in [1.54, 1.807) is 6.92 Å². The third-order valence-corrected chi connectivity index (χ3v) is 2.24. The average Bonchev–Trinajstić information content (AvgIpc) is 2.28. The predicted molar refractivity (Wildman–Crippen MR) is 64.9 cm³/mol. The summed E-state index contributed by atoms with van der Waals surface area (Å²) in [6.45, 7) is 2.03. The van der Waals surface area contributed by atoms with E-state index < -0.39 is 17.8 Å². The monoisotopic (exact) mass is 276 g/mol. The summed E-state index contributed by atoms with van der Waals surface area (Å²) in [5.74, 6) is 0. The minimum absolute atomic E-state index is 0.0805. The van der Waals surface area contributed by atoms with Gasteiger partial charge in [-0.15, -0.1) is 0 Å². The van der Waals surface area contributed by atoms with Gasteiger partial charge in [-0.3, -0.25) is 0 Å². The zero-order valence-corrected chi connectivity index (χ0v) is 10.5. The van der Waals surface area contributed by atoms with Crippen LogP contribution in [-0.2, 0) is 10.9 Å². The van der Waals surface area contributed by atoms with Crippen molar-refractivity contribution in [2.24, 2.45) is 0 Å². The number of rotatable bonds is 4. The lowest BCUT2D eigenvalue weighted by molar-refractivity contribution is -0.137. The molecule has 0 aliphatic heterocycles. The number of alkyl halides is 3. The first-order valence-electron chi connectivity index (χ1n) is 5.56. The molecule has 2 amide bonds. The van der Waals surface area contributed by atoms with Gasteiger partial charge < -0.3 is 15.4 Å². The molecule has 1 aromatic rings. The van der Waals surface area contributed by atoms with Crippen LogP contribution in [0.3, 0.4) is 0 Å². The topological polar surface area (TPSA) is 50.4 Å². The van der Waals surface area contributed by atoms with Gasteiger partial charge in [0.25, 0.3) is 0 Å². The van der Waals surface area contributed by atoms with Crippen molar-refractivity contribution < 1.29 is 22.7 Å². The summed E-state index contributed by atoms with van der Waals surface area (Å²) in [7, 11) is 1.49. The van der Waals surface area contributed by atoms with Crippen molar-refractivity contribution in [3.05, 3.63) is 29.8 Å². The largest absolute Gasteiger partial charge is 0.416 e. The Balaban J connectivity index is 2.65. The van der Waals surface area contributed by atoms with Gasteiger partial charge in [-0.1, -0.05) is 6.07 Å². The van der Waals surface area contributed by atoms with Crippen molar-refractivity contribution in [1.29, 1.82) is 0 Å². The van der Waals surface area contributed by atoms with Crippen LogP contribution < -0.4 is 10.6 Å². The molecule has 106 valence electrons. The summed E-state index contributed by atoms with van der Waals surface area (Å²) in [5, 5.41) is 4.87. The molecule has 0 saturated heterocycles. The third-order valence-electron chi connectivity index (χ3n) is 2.24. The fourth-order valence-electron chi connectivity index (χ4n) is 1.46. The van der Waals surface area contributed by atoms with Gasteiger partial charge >= 0.3 is 12.2 Å². The first kappa shape index (κ1) is 15.3. The van der Waals surface area contributed by atoms with Crippen molar-refractivity contribution in [3.63, 3.8) is 0 Å². The Morgan fingerprint density at radius 1 is 1.42 bits per heavy atom. The Labute approximate surface area is 108 Å². The molecule has 7 heteroatoms. The Bertz CT molecular complexity index is 435. The molecule has 2 N–H and O–H groups in total. The van der Waals surface area contributed by atoms with E-state index in [0.29, 0.717) is 6.61 Å². The van der Waals surface area contributed by atoms with Crippen molar-refractivity contribution in [2.45, 2.75) is 19.1 Å². The maximum atomic E-state index is 12.5. The molecule has 0 aliphatic carbocycles. The van der Waals surface area contributed by atoms with Gasteiger partial charge in [-0.25, -0.2) is 4.79 Å². The first-order valence-corrected chi connectivity index (χ1v) is 5.56. The predicted octanol–water partition coefficient (Wildman–Crippen LogP) is 2.86. The molecule has 4 nitrogen and oxygen atoms in total. The number of methoxy groups -OCH3 is 1. The maximum absolute atomic E-state index is 12.5. The van der Waals surface area contributed by atoms with Crippen LogP contribution in [0.4, 0.5) is 23.7 Å². The second-order valence-electron chi connectivity index (χ2n) is 4.03. The van der Waals surface area contributed by atoms with Crippen molar-refractivity contribution in [1.82, 2.24) is 5.32 Å². The lowest BCUT2D eigenvalue weighted by Gasteiger charge is -2.14. The molecule has 0 bridgehead atoms. The molecule has 19 heavy (non-hydrogen) atoms. The third kappa shape index (κ3) is 5.17. The zero-order chi connectivity index (χ0) is 14.5. The number of halogens is 3. The van der Waals surface area contributed by atoms with Gasteiger partial charge in [0.15, 0.2) is 0 Å². The normalized spacial score (nSPS) is 12.9. The van der Waals surface area contributed by atoms with E-state index in [4.69, 9.17) is 4.74 Å². The molecule has 0 aromatic heterocycles. The molecule has 1 aromatic carbocycles. The summed E-state index contributed by atoms with van der Waals surface area (Å²) in [6, 6.07) is 3.61. The molecule has 0 heterocycles. The number of amides is 2. The van der Waals surface area contributed by atoms with E-state index in [-0.39, 0.29) is 11.7 Å². The van der Waals surface area contributed by atoms with Crippen LogP contribution >= 0.6 is 0 Å². The maximum Gasteiger partial charge on any atom is 0.416 e. The van der Waals surface area contributed by atoms with E-state index in [1.807, 2.05) is 0 Å². The fourth-order valence-corrected chi connectivity index (χ4v) is 1.46. The highest BCUT2D eigenvalue weighted by Gasteiger charge is 2.30. The summed E-state index contributed by atoms with van der Waals surface area (Å²) in [4.78, 5) is 11.5. The van der Waals surface area contributed by atoms with Crippen LogP contribution in [0.2, 0.25) is 0 Å². The lowest BCUT2D eigenvalue weighted by Crippen LogP contribution is -2.38. The number of hydrogen-bond donors (Lipinski definition) is 2. The number of benzene rings is 1. The number of ether oxygens (including phenoxy) is 1. The summed E-state index contributed by atoms with van der Waals surface area (Å²) in [6.07, 6.45) is -4.43. The number of anilines is 1. The Kier molecular flexibility index (Phi) is 5.17. The highest BCUT2D eigenvalue weighted by molar-refractivity contribution is 5.89. The molecule has 1 unspecified atom stereocenters. The SMILES string of the molecule is COCC(C)NC(=O)Nc1cccc(C(F)(F)F)c1. The van der Waals surface area contributed by atoms with Crippen LogP contribution in [0, 0.1) is 0 Å². The molecule has 0 radical (unpaired) electrons. The van der Waals surface area contributed by atoms with Crippen molar-refractivity contribution in [3.8, 4) is 0 Å². The number of carbonyl (C=O) groups is 1.